The predicted octanol–water partition coefficient (Wildman–Crippen LogP) is 1.91. The minimum absolute atomic E-state index is 0.0262. The molecule has 2 rings (SSSR count). The summed E-state index contributed by atoms with van der Waals surface area (Å²) in [6.45, 7) is 5.67. The summed E-state index contributed by atoms with van der Waals surface area (Å²) in [5, 5.41) is 0. The van der Waals surface area contributed by atoms with Crippen molar-refractivity contribution in [2.45, 2.75) is 20.0 Å². The van der Waals surface area contributed by atoms with Gasteiger partial charge in [-0.25, -0.2) is 0 Å². The van der Waals surface area contributed by atoms with E-state index in [1.54, 1.807) is 6.92 Å². The number of hydrogen-bond acceptors (Lipinski definition) is 2. The normalized spacial score (nSPS) is 20.9. The molecule has 1 unspecified atom stereocenters. The Balaban J connectivity index is 2.09. The highest BCUT2D eigenvalue weighted by molar-refractivity contribution is 5.73. The van der Waals surface area contributed by atoms with Gasteiger partial charge in [0.25, 0.3) is 0 Å². The van der Waals surface area contributed by atoms with E-state index >= 15 is 0 Å². The van der Waals surface area contributed by atoms with Gasteiger partial charge in [-0.2, -0.15) is 0 Å². The number of amides is 1. The van der Waals surface area contributed by atoms with Gasteiger partial charge < -0.3 is 9.64 Å². The van der Waals surface area contributed by atoms with E-state index in [9.17, 15) is 4.79 Å². The topological polar surface area (TPSA) is 29.5 Å². The molecule has 0 aromatic heterocycles. The third-order valence-corrected chi connectivity index (χ3v) is 2.96. The van der Waals surface area contributed by atoms with E-state index in [2.05, 4.69) is 31.2 Å². The molecule has 1 fully saturated rings. The summed E-state index contributed by atoms with van der Waals surface area (Å²) in [6.07, 6.45) is 0.0262. The first kappa shape index (κ1) is 11.1. The number of morpholine rings is 1. The van der Waals surface area contributed by atoms with E-state index in [1.807, 2.05) is 4.90 Å². The third kappa shape index (κ3) is 2.42. The van der Waals surface area contributed by atoms with Crippen LogP contribution in [0.25, 0.3) is 0 Å². The second-order valence-electron chi connectivity index (χ2n) is 4.24. The highest BCUT2D eigenvalue weighted by atomic mass is 16.5. The zero-order valence-electron chi connectivity index (χ0n) is 9.77. The number of rotatable bonds is 1. The second kappa shape index (κ2) is 4.66. The van der Waals surface area contributed by atoms with Crippen molar-refractivity contribution in [3.05, 3.63) is 35.4 Å². The number of carbonyl (C=O) groups is 1. The molecule has 0 saturated carbocycles. The lowest BCUT2D eigenvalue weighted by atomic mass is 10.1. The smallest absolute Gasteiger partial charge is 0.219 e. The van der Waals surface area contributed by atoms with Gasteiger partial charge in [0.05, 0.1) is 13.2 Å². The van der Waals surface area contributed by atoms with Gasteiger partial charge in [-0.3, -0.25) is 4.79 Å². The highest BCUT2D eigenvalue weighted by Gasteiger charge is 2.23. The molecule has 0 bridgehead atoms. The van der Waals surface area contributed by atoms with Crippen molar-refractivity contribution in [1.29, 1.82) is 0 Å². The zero-order valence-corrected chi connectivity index (χ0v) is 9.77. The van der Waals surface area contributed by atoms with Crippen LogP contribution in [-0.2, 0) is 9.53 Å². The summed E-state index contributed by atoms with van der Waals surface area (Å²) >= 11 is 0. The molecular weight excluding hydrogens is 202 g/mol. The highest BCUT2D eigenvalue weighted by Crippen LogP contribution is 2.22. The molecule has 16 heavy (non-hydrogen) atoms. The largest absolute Gasteiger partial charge is 0.370 e. The lowest BCUT2D eigenvalue weighted by Gasteiger charge is -2.32. The molecular formula is C13H17NO2. The van der Waals surface area contributed by atoms with Crippen LogP contribution in [0.15, 0.2) is 24.3 Å². The lowest BCUT2D eigenvalue weighted by molar-refractivity contribution is -0.136. The van der Waals surface area contributed by atoms with Crippen molar-refractivity contribution in [1.82, 2.24) is 4.90 Å². The second-order valence-corrected chi connectivity index (χ2v) is 4.24. The molecule has 0 radical (unpaired) electrons. The molecule has 1 heterocycles. The number of hydrogen-bond donors (Lipinski definition) is 0. The SMILES string of the molecule is CC(=O)N1CCOC(c2ccc(C)cc2)C1. The summed E-state index contributed by atoms with van der Waals surface area (Å²) in [7, 11) is 0. The summed E-state index contributed by atoms with van der Waals surface area (Å²) in [5.74, 6) is 0.125. The van der Waals surface area contributed by atoms with Crippen LogP contribution in [0.1, 0.15) is 24.2 Å². The van der Waals surface area contributed by atoms with Crippen LogP contribution in [0.2, 0.25) is 0 Å². The van der Waals surface area contributed by atoms with Gasteiger partial charge in [0.15, 0.2) is 0 Å². The van der Waals surface area contributed by atoms with E-state index in [0.29, 0.717) is 19.7 Å². The molecule has 1 saturated heterocycles. The number of nitrogens with zero attached hydrogens (tertiary/aromatic N) is 1. The summed E-state index contributed by atoms with van der Waals surface area (Å²) in [6, 6.07) is 8.30. The summed E-state index contributed by atoms with van der Waals surface area (Å²) < 4.78 is 5.69. The maximum Gasteiger partial charge on any atom is 0.219 e. The molecule has 3 heteroatoms. The molecule has 1 amide bonds. The van der Waals surface area contributed by atoms with Crippen molar-refractivity contribution >= 4 is 5.91 Å². The molecule has 0 aliphatic carbocycles. The lowest BCUT2D eigenvalue weighted by Crippen LogP contribution is -2.41. The average molecular weight is 219 g/mol. The van der Waals surface area contributed by atoms with Gasteiger partial charge in [-0.15, -0.1) is 0 Å². The Hall–Kier alpha value is -1.35. The molecule has 1 atom stereocenters. The van der Waals surface area contributed by atoms with Crippen molar-refractivity contribution in [3.63, 3.8) is 0 Å². The van der Waals surface area contributed by atoms with Gasteiger partial charge in [-0.05, 0) is 12.5 Å². The molecule has 3 nitrogen and oxygen atoms in total. The van der Waals surface area contributed by atoms with Gasteiger partial charge >= 0.3 is 0 Å². The molecule has 0 N–H and O–H groups in total. The van der Waals surface area contributed by atoms with Crippen molar-refractivity contribution in [3.8, 4) is 0 Å². The number of aryl methyl sites for hydroxylation is 1. The van der Waals surface area contributed by atoms with Crippen LogP contribution >= 0.6 is 0 Å². The fraction of sp³-hybridized carbons (Fsp3) is 0.462. The zero-order chi connectivity index (χ0) is 11.5. The Bertz CT molecular complexity index is 372. The molecule has 1 aliphatic rings. The Morgan fingerprint density at radius 1 is 1.38 bits per heavy atom. The van der Waals surface area contributed by atoms with Gasteiger partial charge in [0.2, 0.25) is 5.91 Å². The van der Waals surface area contributed by atoms with Crippen molar-refractivity contribution in [2.24, 2.45) is 0 Å². The standard InChI is InChI=1S/C13H17NO2/c1-10-3-5-12(6-4-10)13-9-14(11(2)15)7-8-16-13/h3-6,13H,7-9H2,1-2H3. The Kier molecular flexibility index (Phi) is 3.25. The van der Waals surface area contributed by atoms with E-state index < -0.39 is 0 Å². The van der Waals surface area contributed by atoms with Crippen LogP contribution in [0.5, 0.6) is 0 Å². The van der Waals surface area contributed by atoms with E-state index in [4.69, 9.17) is 4.74 Å². The van der Waals surface area contributed by atoms with Gasteiger partial charge in [0, 0.05) is 13.5 Å². The maximum absolute atomic E-state index is 11.3. The van der Waals surface area contributed by atoms with Crippen molar-refractivity contribution < 1.29 is 9.53 Å². The monoisotopic (exact) mass is 219 g/mol. The predicted molar refractivity (Wildman–Crippen MR) is 62.1 cm³/mol. The Morgan fingerprint density at radius 2 is 2.06 bits per heavy atom. The van der Waals surface area contributed by atoms with Crippen LogP contribution < -0.4 is 0 Å². The minimum Gasteiger partial charge on any atom is -0.370 e. The van der Waals surface area contributed by atoms with E-state index in [1.165, 1.54) is 5.56 Å². The molecule has 1 aromatic rings. The fourth-order valence-corrected chi connectivity index (χ4v) is 1.92. The third-order valence-electron chi connectivity index (χ3n) is 2.96. The van der Waals surface area contributed by atoms with Crippen LogP contribution in [0.4, 0.5) is 0 Å². The number of carbonyl (C=O) groups excluding carboxylic acids is 1. The van der Waals surface area contributed by atoms with Gasteiger partial charge in [-0.1, -0.05) is 29.8 Å². The first-order valence-electron chi connectivity index (χ1n) is 5.60. The summed E-state index contributed by atoms with van der Waals surface area (Å²) in [5.41, 5.74) is 2.39. The fourth-order valence-electron chi connectivity index (χ4n) is 1.92. The number of benzene rings is 1. The Labute approximate surface area is 96.0 Å². The Morgan fingerprint density at radius 3 is 2.69 bits per heavy atom. The molecule has 1 aromatic carbocycles. The van der Waals surface area contributed by atoms with Crippen LogP contribution in [0, 0.1) is 6.92 Å². The molecule has 86 valence electrons. The van der Waals surface area contributed by atoms with Crippen LogP contribution in [0.3, 0.4) is 0 Å². The molecule has 1 aliphatic heterocycles. The van der Waals surface area contributed by atoms with Crippen molar-refractivity contribution in [2.75, 3.05) is 19.7 Å². The minimum atomic E-state index is 0.0262. The first-order chi connectivity index (χ1) is 7.66. The summed E-state index contributed by atoms with van der Waals surface area (Å²) in [4.78, 5) is 13.1. The molecule has 0 spiro atoms. The average Bonchev–Trinajstić information content (AvgIpc) is 2.30. The quantitative estimate of drug-likeness (QED) is 0.722. The number of ether oxygens (including phenoxy) is 1. The van der Waals surface area contributed by atoms with E-state index in [0.717, 1.165) is 5.56 Å². The van der Waals surface area contributed by atoms with Gasteiger partial charge in [0.1, 0.15) is 6.10 Å². The first-order valence-corrected chi connectivity index (χ1v) is 5.60. The maximum atomic E-state index is 11.3. The van der Waals surface area contributed by atoms with E-state index in [-0.39, 0.29) is 12.0 Å². The van der Waals surface area contributed by atoms with Crippen LogP contribution in [-0.4, -0.2) is 30.5 Å².